The zero-order valence-electron chi connectivity index (χ0n) is 9.03. The molecule has 0 aliphatic heterocycles. The molecule has 0 heterocycles. The fourth-order valence-electron chi connectivity index (χ4n) is 2.12. The second-order valence-electron chi connectivity index (χ2n) is 4.14. The second kappa shape index (κ2) is 4.69. The highest BCUT2D eigenvalue weighted by Crippen LogP contribution is 2.30. The third kappa shape index (κ3) is 2.72. The molecule has 1 aromatic carbocycles. The minimum Gasteiger partial charge on any atom is -0.489 e. The quantitative estimate of drug-likeness (QED) is 0.886. The van der Waals surface area contributed by atoms with Crippen molar-refractivity contribution in [1.82, 2.24) is 0 Å². The lowest BCUT2D eigenvalue weighted by atomic mass is 10.1. The van der Waals surface area contributed by atoms with Crippen molar-refractivity contribution in [2.24, 2.45) is 5.92 Å². The van der Waals surface area contributed by atoms with E-state index < -0.39 is 29.6 Å². The third-order valence-electron chi connectivity index (χ3n) is 2.89. The van der Waals surface area contributed by atoms with Crippen molar-refractivity contribution in [2.45, 2.75) is 25.4 Å². The van der Waals surface area contributed by atoms with Crippen molar-refractivity contribution in [3.05, 3.63) is 29.8 Å². The lowest BCUT2D eigenvalue weighted by Crippen LogP contribution is -2.27. The summed E-state index contributed by atoms with van der Waals surface area (Å²) in [7, 11) is 0. The Hall–Kier alpha value is -1.65. The van der Waals surface area contributed by atoms with E-state index in [0.29, 0.717) is 12.8 Å². The molecule has 0 spiro atoms. The first kappa shape index (κ1) is 11.8. The molecule has 5 heteroatoms. The summed E-state index contributed by atoms with van der Waals surface area (Å²) in [6.07, 6.45) is 1.38. The molecule has 3 nitrogen and oxygen atoms in total. The van der Waals surface area contributed by atoms with Crippen LogP contribution in [0.1, 0.15) is 19.3 Å². The van der Waals surface area contributed by atoms with Gasteiger partial charge in [-0.1, -0.05) is 0 Å². The average molecular weight is 242 g/mol. The van der Waals surface area contributed by atoms with Gasteiger partial charge in [0, 0.05) is 18.2 Å². The Labute approximate surface area is 97.0 Å². The van der Waals surface area contributed by atoms with Crippen LogP contribution >= 0.6 is 0 Å². The summed E-state index contributed by atoms with van der Waals surface area (Å²) in [5.41, 5.74) is 0. The van der Waals surface area contributed by atoms with E-state index in [1.165, 1.54) is 0 Å². The van der Waals surface area contributed by atoms with E-state index >= 15 is 0 Å². The van der Waals surface area contributed by atoms with Crippen molar-refractivity contribution >= 4 is 5.97 Å². The maximum absolute atomic E-state index is 12.9. The fourth-order valence-corrected chi connectivity index (χ4v) is 2.12. The zero-order valence-corrected chi connectivity index (χ0v) is 9.03. The van der Waals surface area contributed by atoms with Crippen LogP contribution in [0.4, 0.5) is 8.78 Å². The normalized spacial score (nSPS) is 23.6. The Morgan fingerprint density at radius 1 is 1.24 bits per heavy atom. The van der Waals surface area contributed by atoms with Crippen molar-refractivity contribution < 1.29 is 23.4 Å². The molecule has 1 aromatic rings. The third-order valence-corrected chi connectivity index (χ3v) is 2.89. The van der Waals surface area contributed by atoms with E-state index in [2.05, 4.69) is 0 Å². The highest BCUT2D eigenvalue weighted by Gasteiger charge is 2.34. The van der Waals surface area contributed by atoms with Gasteiger partial charge in [-0.2, -0.15) is 0 Å². The van der Waals surface area contributed by atoms with E-state index in [1.807, 2.05) is 0 Å². The van der Waals surface area contributed by atoms with E-state index in [4.69, 9.17) is 9.84 Å². The topological polar surface area (TPSA) is 46.5 Å². The molecular weight excluding hydrogens is 230 g/mol. The number of carbonyl (C=O) groups is 1. The summed E-state index contributed by atoms with van der Waals surface area (Å²) in [5, 5.41) is 8.94. The Balaban J connectivity index is 2.12. The SMILES string of the molecule is O=C(O)C1CCCC1Oc1cc(F)cc(F)c1. The second-order valence-corrected chi connectivity index (χ2v) is 4.14. The smallest absolute Gasteiger partial charge is 0.310 e. The average Bonchev–Trinajstić information content (AvgIpc) is 2.63. The Bertz CT molecular complexity index is 414. The number of carboxylic acids is 1. The molecule has 1 aliphatic carbocycles. The van der Waals surface area contributed by atoms with Crippen molar-refractivity contribution in [3.63, 3.8) is 0 Å². The van der Waals surface area contributed by atoms with Crippen LogP contribution in [0.25, 0.3) is 0 Å². The van der Waals surface area contributed by atoms with Gasteiger partial charge in [-0.05, 0) is 19.3 Å². The van der Waals surface area contributed by atoms with Crippen LogP contribution in [-0.2, 0) is 4.79 Å². The van der Waals surface area contributed by atoms with Gasteiger partial charge >= 0.3 is 5.97 Å². The molecule has 1 aliphatic rings. The highest BCUT2D eigenvalue weighted by atomic mass is 19.1. The van der Waals surface area contributed by atoms with Gasteiger partial charge in [0.1, 0.15) is 23.5 Å². The van der Waals surface area contributed by atoms with Gasteiger partial charge in [0.25, 0.3) is 0 Å². The molecule has 1 N–H and O–H groups in total. The molecule has 92 valence electrons. The molecule has 2 rings (SSSR count). The van der Waals surface area contributed by atoms with Gasteiger partial charge in [-0.25, -0.2) is 8.78 Å². The summed E-state index contributed by atoms with van der Waals surface area (Å²) >= 11 is 0. The maximum Gasteiger partial charge on any atom is 0.310 e. The van der Waals surface area contributed by atoms with Gasteiger partial charge in [0.2, 0.25) is 0 Å². The number of hydrogen-bond donors (Lipinski definition) is 1. The minimum absolute atomic E-state index is 0.0423. The standard InChI is InChI=1S/C12H12F2O3/c13-7-4-8(14)6-9(5-7)17-11-3-1-2-10(11)12(15)16/h4-6,10-11H,1-3H2,(H,15,16). The molecule has 0 radical (unpaired) electrons. The molecule has 0 bridgehead atoms. The van der Waals surface area contributed by atoms with E-state index in [0.717, 1.165) is 24.6 Å². The van der Waals surface area contributed by atoms with E-state index in [-0.39, 0.29) is 5.75 Å². The molecule has 0 aromatic heterocycles. The van der Waals surface area contributed by atoms with E-state index in [9.17, 15) is 13.6 Å². The first-order valence-electron chi connectivity index (χ1n) is 5.42. The van der Waals surface area contributed by atoms with Gasteiger partial charge in [0.05, 0.1) is 5.92 Å². The Kier molecular flexibility index (Phi) is 3.26. The minimum atomic E-state index is -0.927. The van der Waals surface area contributed by atoms with Crippen LogP contribution in [0.2, 0.25) is 0 Å². The van der Waals surface area contributed by atoms with Crippen LogP contribution in [0, 0.1) is 17.6 Å². The van der Waals surface area contributed by atoms with Crippen LogP contribution in [0.3, 0.4) is 0 Å². The van der Waals surface area contributed by atoms with Crippen LogP contribution in [-0.4, -0.2) is 17.2 Å². The molecule has 1 fully saturated rings. The molecule has 2 atom stereocenters. The van der Waals surface area contributed by atoms with Crippen molar-refractivity contribution in [1.29, 1.82) is 0 Å². The van der Waals surface area contributed by atoms with Gasteiger partial charge in [0.15, 0.2) is 0 Å². The lowest BCUT2D eigenvalue weighted by molar-refractivity contribution is -0.143. The first-order valence-corrected chi connectivity index (χ1v) is 5.42. The van der Waals surface area contributed by atoms with E-state index in [1.54, 1.807) is 0 Å². The summed E-state index contributed by atoms with van der Waals surface area (Å²) in [6, 6.07) is 2.86. The number of aliphatic carboxylic acids is 1. The summed E-state index contributed by atoms with van der Waals surface area (Å²) in [5.74, 6) is -2.94. The number of carboxylic acid groups (broad SMARTS) is 1. The van der Waals surface area contributed by atoms with Crippen LogP contribution in [0.15, 0.2) is 18.2 Å². The fraction of sp³-hybridized carbons (Fsp3) is 0.417. The lowest BCUT2D eigenvalue weighted by Gasteiger charge is -2.18. The highest BCUT2D eigenvalue weighted by molar-refractivity contribution is 5.71. The molecule has 0 amide bonds. The summed E-state index contributed by atoms with van der Waals surface area (Å²) < 4.78 is 31.2. The number of benzene rings is 1. The molecule has 1 saturated carbocycles. The number of hydrogen-bond acceptors (Lipinski definition) is 2. The van der Waals surface area contributed by atoms with Crippen LogP contribution in [0.5, 0.6) is 5.75 Å². The van der Waals surface area contributed by atoms with Gasteiger partial charge < -0.3 is 9.84 Å². The largest absolute Gasteiger partial charge is 0.489 e. The number of ether oxygens (including phenoxy) is 1. The number of halogens is 2. The monoisotopic (exact) mass is 242 g/mol. The maximum atomic E-state index is 12.9. The Morgan fingerprint density at radius 2 is 1.88 bits per heavy atom. The molecule has 2 unspecified atom stereocenters. The summed E-state index contributed by atoms with van der Waals surface area (Å²) in [4.78, 5) is 10.9. The van der Waals surface area contributed by atoms with Crippen LogP contribution < -0.4 is 4.74 Å². The first-order chi connectivity index (χ1) is 8.06. The Morgan fingerprint density at radius 3 is 2.47 bits per heavy atom. The predicted octanol–water partition coefficient (Wildman–Crippen LogP) is 2.60. The molecule has 0 saturated heterocycles. The molecular formula is C12H12F2O3. The zero-order chi connectivity index (χ0) is 12.4. The number of rotatable bonds is 3. The van der Waals surface area contributed by atoms with Crippen molar-refractivity contribution in [3.8, 4) is 5.75 Å². The van der Waals surface area contributed by atoms with Crippen molar-refractivity contribution in [2.75, 3.05) is 0 Å². The molecule has 17 heavy (non-hydrogen) atoms. The predicted molar refractivity (Wildman–Crippen MR) is 55.8 cm³/mol. The van der Waals surface area contributed by atoms with Gasteiger partial charge in [-0.3, -0.25) is 4.79 Å². The van der Waals surface area contributed by atoms with Gasteiger partial charge in [-0.15, -0.1) is 0 Å². The summed E-state index contributed by atoms with van der Waals surface area (Å²) in [6.45, 7) is 0.